The number of rotatable bonds is 6. The maximum atomic E-state index is 13.7. The molecule has 6 heteroatoms. The molecule has 1 aromatic carbocycles. The number of pyridine rings is 1. The summed E-state index contributed by atoms with van der Waals surface area (Å²) in [5.74, 6) is -0.676. The van der Waals surface area contributed by atoms with Crippen molar-refractivity contribution in [2.45, 2.75) is 66.0 Å². The molecule has 2 aliphatic rings. The number of nitrogens with zero attached hydrogens (tertiary/aromatic N) is 2. The van der Waals surface area contributed by atoms with Crippen molar-refractivity contribution in [2.75, 3.05) is 13.1 Å². The van der Waals surface area contributed by atoms with Crippen molar-refractivity contribution in [3.63, 3.8) is 0 Å². The van der Waals surface area contributed by atoms with E-state index in [1.807, 2.05) is 46.7 Å². The molecule has 0 radical (unpaired) electrons. The molecule has 2 bridgehead atoms. The van der Waals surface area contributed by atoms with Crippen LogP contribution in [-0.4, -0.2) is 40.4 Å². The summed E-state index contributed by atoms with van der Waals surface area (Å²) in [6.07, 6.45) is 6.95. The lowest BCUT2D eigenvalue weighted by Gasteiger charge is -2.39. The quantitative estimate of drug-likeness (QED) is 0.728. The van der Waals surface area contributed by atoms with Gasteiger partial charge in [-0.2, -0.15) is 0 Å². The van der Waals surface area contributed by atoms with Crippen LogP contribution < -0.4 is 10.7 Å². The van der Waals surface area contributed by atoms with Gasteiger partial charge in [0.25, 0.3) is 11.8 Å². The Morgan fingerprint density at radius 1 is 1.06 bits per heavy atom. The van der Waals surface area contributed by atoms with Crippen LogP contribution in [0.15, 0.2) is 47.5 Å². The lowest BCUT2D eigenvalue weighted by Crippen LogP contribution is -2.41. The molecule has 33 heavy (non-hydrogen) atoms. The minimum absolute atomic E-state index is 0.0319. The molecule has 2 unspecified atom stereocenters. The van der Waals surface area contributed by atoms with E-state index < -0.39 is 11.3 Å². The third-order valence-corrected chi connectivity index (χ3v) is 7.07. The Hall–Kier alpha value is -2.89. The fraction of sp³-hybridized carbons (Fsp3) is 0.519. The Morgan fingerprint density at radius 2 is 1.76 bits per heavy atom. The van der Waals surface area contributed by atoms with E-state index in [1.165, 1.54) is 0 Å². The molecule has 6 nitrogen and oxygen atoms in total. The molecule has 4 rings (SSSR count). The molecular formula is C27H35N3O3. The lowest BCUT2D eigenvalue weighted by atomic mass is 9.65. The molecule has 2 amide bonds. The van der Waals surface area contributed by atoms with E-state index in [0.29, 0.717) is 19.6 Å². The first kappa shape index (κ1) is 23.3. The number of benzene rings is 1. The number of carbonyl (C=O) groups excluding carboxylic acids is 2. The van der Waals surface area contributed by atoms with Crippen LogP contribution in [0.4, 0.5) is 0 Å². The molecule has 1 saturated carbocycles. The predicted octanol–water partition coefficient (Wildman–Crippen LogP) is 3.88. The van der Waals surface area contributed by atoms with Gasteiger partial charge in [0.05, 0.1) is 0 Å². The number of aryl methyl sites for hydroxylation is 2. The van der Waals surface area contributed by atoms with Gasteiger partial charge in [-0.1, -0.05) is 51.1 Å². The first-order valence-electron chi connectivity index (χ1n) is 12.0. The van der Waals surface area contributed by atoms with Gasteiger partial charge in [-0.05, 0) is 49.0 Å². The topological polar surface area (TPSA) is 71.4 Å². The second-order valence-electron chi connectivity index (χ2n) is 10.9. The van der Waals surface area contributed by atoms with Gasteiger partial charge >= 0.3 is 0 Å². The first-order valence-corrected chi connectivity index (χ1v) is 12.0. The number of carbonyl (C=O) groups is 2. The van der Waals surface area contributed by atoms with Gasteiger partial charge in [0.2, 0.25) is 5.43 Å². The fourth-order valence-corrected chi connectivity index (χ4v) is 6.09. The van der Waals surface area contributed by atoms with Gasteiger partial charge in [-0.25, -0.2) is 0 Å². The van der Waals surface area contributed by atoms with E-state index in [9.17, 15) is 14.4 Å². The maximum Gasteiger partial charge on any atom is 0.259 e. The highest BCUT2D eigenvalue weighted by Crippen LogP contribution is 2.52. The monoisotopic (exact) mass is 449 g/mol. The zero-order chi connectivity index (χ0) is 23.8. The molecule has 1 aromatic heterocycles. The maximum absolute atomic E-state index is 13.7. The third-order valence-electron chi connectivity index (χ3n) is 7.07. The molecule has 2 heterocycles. The van der Waals surface area contributed by atoms with Gasteiger partial charge in [-0.3, -0.25) is 14.4 Å². The Balaban J connectivity index is 1.67. The largest absolute Gasteiger partial charge is 0.352 e. The number of amides is 2. The van der Waals surface area contributed by atoms with Crippen LogP contribution in [0.25, 0.3) is 0 Å². The average molecular weight is 450 g/mol. The molecule has 1 N–H and O–H groups in total. The van der Waals surface area contributed by atoms with Gasteiger partial charge in [-0.15, -0.1) is 0 Å². The number of fused-ring (bicyclic) bond motifs is 2. The van der Waals surface area contributed by atoms with E-state index in [4.69, 9.17) is 0 Å². The van der Waals surface area contributed by atoms with E-state index in [1.54, 1.807) is 12.4 Å². The molecule has 2 atom stereocenters. The summed E-state index contributed by atoms with van der Waals surface area (Å²) < 4.78 is 1.82. The van der Waals surface area contributed by atoms with Gasteiger partial charge < -0.3 is 14.8 Å². The molecule has 2 fully saturated rings. The molecular weight excluding hydrogens is 414 g/mol. The SMILES string of the molecule is CCNC(=O)c1cn(CCc2ccccc2)cc(C(=O)N2CC3(C)CC2CC(C)(C)C3)c1=O. The molecule has 1 aliphatic carbocycles. The van der Waals surface area contributed by atoms with Crippen LogP contribution in [0, 0.1) is 10.8 Å². The number of nitrogens with one attached hydrogen (secondary N) is 1. The Bertz CT molecular complexity index is 1110. The highest BCUT2D eigenvalue weighted by Gasteiger charge is 2.51. The minimum Gasteiger partial charge on any atom is -0.352 e. The summed E-state index contributed by atoms with van der Waals surface area (Å²) >= 11 is 0. The second-order valence-corrected chi connectivity index (χ2v) is 10.9. The summed E-state index contributed by atoms with van der Waals surface area (Å²) in [6.45, 7) is 10.2. The average Bonchev–Trinajstić information content (AvgIpc) is 3.01. The highest BCUT2D eigenvalue weighted by atomic mass is 16.2. The van der Waals surface area contributed by atoms with E-state index in [0.717, 1.165) is 31.2 Å². The Kier molecular flexibility index (Phi) is 6.21. The normalized spacial score (nSPS) is 23.4. The third kappa shape index (κ3) is 4.90. The van der Waals surface area contributed by atoms with Crippen molar-refractivity contribution in [1.82, 2.24) is 14.8 Å². The smallest absolute Gasteiger partial charge is 0.259 e. The lowest BCUT2D eigenvalue weighted by molar-refractivity contribution is 0.0706. The van der Waals surface area contributed by atoms with Gasteiger partial charge in [0, 0.05) is 38.1 Å². The Morgan fingerprint density at radius 3 is 2.45 bits per heavy atom. The number of hydrogen-bond acceptors (Lipinski definition) is 3. The van der Waals surface area contributed by atoms with Crippen LogP contribution >= 0.6 is 0 Å². The van der Waals surface area contributed by atoms with Crippen molar-refractivity contribution >= 4 is 11.8 Å². The molecule has 0 spiro atoms. The Labute approximate surface area is 196 Å². The van der Waals surface area contributed by atoms with Crippen LogP contribution in [0.3, 0.4) is 0 Å². The summed E-state index contributed by atoms with van der Waals surface area (Å²) in [5, 5.41) is 2.72. The van der Waals surface area contributed by atoms with Crippen LogP contribution in [0.5, 0.6) is 0 Å². The first-order chi connectivity index (χ1) is 15.6. The van der Waals surface area contributed by atoms with Crippen LogP contribution in [0.2, 0.25) is 0 Å². The number of aromatic nitrogens is 1. The standard InChI is InChI=1S/C27H35N3O3/c1-5-28-24(32)21-15-29(12-11-19-9-7-6-8-10-19)16-22(23(21)31)25(33)30-18-27(4)14-20(30)13-26(2,3)17-27/h6-10,15-16,20H,5,11-14,17-18H2,1-4H3,(H,28,32). The number of hydrogen-bond donors (Lipinski definition) is 1. The van der Waals surface area contributed by atoms with Gasteiger partial charge in [0.1, 0.15) is 11.1 Å². The van der Waals surface area contributed by atoms with E-state index >= 15 is 0 Å². The van der Waals surface area contributed by atoms with Gasteiger partial charge in [0.15, 0.2) is 0 Å². The molecule has 2 aromatic rings. The summed E-state index contributed by atoms with van der Waals surface area (Å²) in [6, 6.07) is 10.2. The summed E-state index contributed by atoms with van der Waals surface area (Å²) in [7, 11) is 0. The van der Waals surface area contributed by atoms with Crippen molar-refractivity contribution in [2.24, 2.45) is 10.8 Å². The zero-order valence-electron chi connectivity index (χ0n) is 20.2. The highest BCUT2D eigenvalue weighted by molar-refractivity contribution is 5.99. The van der Waals surface area contributed by atoms with E-state index in [2.05, 4.69) is 26.1 Å². The molecule has 1 aliphatic heterocycles. The predicted molar refractivity (Wildman–Crippen MR) is 129 cm³/mol. The number of likely N-dealkylation sites (tertiary alicyclic amines) is 1. The van der Waals surface area contributed by atoms with Crippen LogP contribution in [-0.2, 0) is 13.0 Å². The second kappa shape index (κ2) is 8.81. The zero-order valence-corrected chi connectivity index (χ0v) is 20.2. The molecule has 1 saturated heterocycles. The van der Waals surface area contributed by atoms with Crippen molar-refractivity contribution < 1.29 is 9.59 Å². The van der Waals surface area contributed by atoms with E-state index in [-0.39, 0.29) is 33.9 Å². The fourth-order valence-electron chi connectivity index (χ4n) is 6.09. The van der Waals surface area contributed by atoms with Crippen molar-refractivity contribution in [3.8, 4) is 0 Å². The van der Waals surface area contributed by atoms with Crippen LogP contribution in [0.1, 0.15) is 73.2 Å². The molecule has 176 valence electrons. The minimum atomic E-state index is -0.479. The van der Waals surface area contributed by atoms with Crippen molar-refractivity contribution in [1.29, 1.82) is 0 Å². The summed E-state index contributed by atoms with van der Waals surface area (Å²) in [5.41, 5.74) is 1.06. The summed E-state index contributed by atoms with van der Waals surface area (Å²) in [4.78, 5) is 41.5. The van der Waals surface area contributed by atoms with Crippen molar-refractivity contribution in [3.05, 3.63) is 69.6 Å².